The molecule has 4 heteroatoms. The van der Waals surface area contributed by atoms with Gasteiger partial charge in [0.25, 0.3) is 0 Å². The van der Waals surface area contributed by atoms with Gasteiger partial charge in [0.15, 0.2) is 0 Å². The lowest BCUT2D eigenvalue weighted by Crippen LogP contribution is -2.54. The maximum atomic E-state index is 13.2. The van der Waals surface area contributed by atoms with E-state index < -0.39 is 0 Å². The number of rotatable bonds is 3. The number of hydrogen-bond donors (Lipinski definition) is 1. The van der Waals surface area contributed by atoms with Crippen molar-refractivity contribution in [1.82, 2.24) is 4.90 Å². The van der Waals surface area contributed by atoms with Crippen LogP contribution < -0.4 is 0 Å². The lowest BCUT2D eigenvalue weighted by molar-refractivity contribution is -0.151. The van der Waals surface area contributed by atoms with Crippen molar-refractivity contribution in [3.63, 3.8) is 0 Å². The van der Waals surface area contributed by atoms with E-state index in [1.165, 1.54) is 11.6 Å². The fourth-order valence-corrected chi connectivity index (χ4v) is 3.12. The van der Waals surface area contributed by atoms with Crippen LogP contribution in [0, 0.1) is 11.2 Å². The normalized spacial score (nSPS) is 25.7. The van der Waals surface area contributed by atoms with E-state index >= 15 is 0 Å². The van der Waals surface area contributed by atoms with E-state index in [-0.39, 0.29) is 23.9 Å². The standard InChI is InChI=1S/C15H20FNO2/c1-11-14-3-2-13(16)6-12(14)4-5-17(11)7-15(8-18)9-19-10-15/h2-3,6,11,18H,4-5,7-10H2,1H3. The Balaban J connectivity index is 1.77. The van der Waals surface area contributed by atoms with Crippen LogP contribution in [0.3, 0.4) is 0 Å². The molecule has 1 aromatic rings. The van der Waals surface area contributed by atoms with Crippen molar-refractivity contribution in [1.29, 1.82) is 0 Å². The summed E-state index contributed by atoms with van der Waals surface area (Å²) in [5, 5.41) is 9.53. The molecule has 2 aliphatic heterocycles. The Morgan fingerprint density at radius 1 is 1.47 bits per heavy atom. The summed E-state index contributed by atoms with van der Waals surface area (Å²) in [5.74, 6) is -0.154. The number of aliphatic hydroxyl groups excluding tert-OH is 1. The van der Waals surface area contributed by atoms with Gasteiger partial charge in [0.05, 0.1) is 25.2 Å². The fourth-order valence-electron chi connectivity index (χ4n) is 3.12. The van der Waals surface area contributed by atoms with Crippen LogP contribution >= 0.6 is 0 Å². The second-order valence-corrected chi connectivity index (χ2v) is 5.89. The van der Waals surface area contributed by atoms with Crippen molar-refractivity contribution >= 4 is 0 Å². The largest absolute Gasteiger partial charge is 0.396 e. The molecule has 3 rings (SSSR count). The Kier molecular flexibility index (Phi) is 3.33. The molecule has 2 heterocycles. The van der Waals surface area contributed by atoms with Gasteiger partial charge in [0.1, 0.15) is 5.82 Å². The molecule has 1 fully saturated rings. The third-order valence-electron chi connectivity index (χ3n) is 4.46. The lowest BCUT2D eigenvalue weighted by Gasteiger charge is -2.46. The van der Waals surface area contributed by atoms with Gasteiger partial charge in [-0.2, -0.15) is 0 Å². The molecule has 2 aliphatic rings. The number of benzene rings is 1. The smallest absolute Gasteiger partial charge is 0.123 e. The van der Waals surface area contributed by atoms with Crippen LogP contribution in [0.1, 0.15) is 24.1 Å². The summed E-state index contributed by atoms with van der Waals surface area (Å²) in [6.07, 6.45) is 0.875. The van der Waals surface area contributed by atoms with Gasteiger partial charge in [-0.1, -0.05) is 6.07 Å². The molecule has 0 amide bonds. The highest BCUT2D eigenvalue weighted by atomic mass is 19.1. The minimum Gasteiger partial charge on any atom is -0.396 e. The molecular weight excluding hydrogens is 245 g/mol. The third-order valence-corrected chi connectivity index (χ3v) is 4.46. The van der Waals surface area contributed by atoms with Crippen LogP contribution in [0.15, 0.2) is 18.2 Å². The molecule has 0 bridgehead atoms. The summed E-state index contributed by atoms with van der Waals surface area (Å²) in [5.41, 5.74) is 2.24. The van der Waals surface area contributed by atoms with Crippen molar-refractivity contribution in [2.45, 2.75) is 19.4 Å². The maximum absolute atomic E-state index is 13.2. The van der Waals surface area contributed by atoms with Crippen molar-refractivity contribution in [3.8, 4) is 0 Å². The highest BCUT2D eigenvalue weighted by Crippen LogP contribution is 2.35. The first-order valence-corrected chi connectivity index (χ1v) is 6.85. The van der Waals surface area contributed by atoms with Crippen LogP contribution in [0.5, 0.6) is 0 Å². The van der Waals surface area contributed by atoms with Gasteiger partial charge in [-0.25, -0.2) is 4.39 Å². The third kappa shape index (κ3) is 2.29. The summed E-state index contributed by atoms with van der Waals surface area (Å²) < 4.78 is 18.5. The van der Waals surface area contributed by atoms with Gasteiger partial charge in [0, 0.05) is 19.1 Å². The predicted octanol–water partition coefficient (Wildman–Crippen LogP) is 1.75. The van der Waals surface area contributed by atoms with Gasteiger partial charge < -0.3 is 9.84 Å². The SMILES string of the molecule is CC1c2ccc(F)cc2CCN1CC1(CO)COC1. The van der Waals surface area contributed by atoms with E-state index in [4.69, 9.17) is 4.74 Å². The Labute approximate surface area is 113 Å². The van der Waals surface area contributed by atoms with E-state index in [9.17, 15) is 9.50 Å². The molecule has 1 atom stereocenters. The molecule has 0 radical (unpaired) electrons. The summed E-state index contributed by atoms with van der Waals surface area (Å²) in [6, 6.07) is 5.35. The van der Waals surface area contributed by atoms with Gasteiger partial charge in [-0.3, -0.25) is 4.90 Å². The quantitative estimate of drug-likeness (QED) is 0.904. The molecule has 0 spiro atoms. The molecule has 1 saturated heterocycles. The van der Waals surface area contributed by atoms with Crippen molar-refractivity contribution in [3.05, 3.63) is 35.1 Å². The minimum absolute atomic E-state index is 0.0915. The molecular formula is C15H20FNO2. The number of fused-ring (bicyclic) bond motifs is 1. The van der Waals surface area contributed by atoms with Gasteiger partial charge >= 0.3 is 0 Å². The van der Waals surface area contributed by atoms with Crippen LogP contribution in [0.25, 0.3) is 0 Å². The zero-order chi connectivity index (χ0) is 13.5. The molecule has 1 aromatic carbocycles. The van der Waals surface area contributed by atoms with E-state index in [2.05, 4.69) is 11.8 Å². The van der Waals surface area contributed by atoms with Crippen molar-refractivity contribution < 1.29 is 14.2 Å². The highest BCUT2D eigenvalue weighted by Gasteiger charge is 2.41. The average molecular weight is 265 g/mol. The Hall–Kier alpha value is -0.970. The van der Waals surface area contributed by atoms with Crippen molar-refractivity contribution in [2.75, 3.05) is 32.9 Å². The molecule has 0 saturated carbocycles. The molecule has 3 nitrogen and oxygen atoms in total. The molecule has 0 aliphatic carbocycles. The Morgan fingerprint density at radius 2 is 2.26 bits per heavy atom. The first-order valence-electron chi connectivity index (χ1n) is 6.85. The molecule has 1 N–H and O–H groups in total. The van der Waals surface area contributed by atoms with Crippen molar-refractivity contribution in [2.24, 2.45) is 5.41 Å². The van der Waals surface area contributed by atoms with Gasteiger partial charge in [0.2, 0.25) is 0 Å². The number of ether oxygens (including phenoxy) is 1. The topological polar surface area (TPSA) is 32.7 Å². The predicted molar refractivity (Wildman–Crippen MR) is 70.4 cm³/mol. The highest BCUT2D eigenvalue weighted by molar-refractivity contribution is 5.32. The second kappa shape index (κ2) is 4.85. The van der Waals surface area contributed by atoms with E-state index in [1.807, 2.05) is 6.07 Å². The molecule has 104 valence electrons. The zero-order valence-electron chi connectivity index (χ0n) is 11.2. The van der Waals surface area contributed by atoms with Gasteiger partial charge in [-0.15, -0.1) is 0 Å². The maximum Gasteiger partial charge on any atom is 0.123 e. The Bertz CT molecular complexity index is 468. The summed E-state index contributed by atoms with van der Waals surface area (Å²) in [4.78, 5) is 2.37. The van der Waals surface area contributed by atoms with Crippen LogP contribution in [-0.2, 0) is 11.2 Å². The fraction of sp³-hybridized carbons (Fsp3) is 0.600. The summed E-state index contributed by atoms with van der Waals surface area (Å²) >= 11 is 0. The van der Waals surface area contributed by atoms with E-state index in [1.54, 1.807) is 6.07 Å². The molecule has 0 aromatic heterocycles. The molecule has 1 unspecified atom stereocenters. The van der Waals surface area contributed by atoms with Crippen LogP contribution in [-0.4, -0.2) is 42.9 Å². The Morgan fingerprint density at radius 3 is 2.89 bits per heavy atom. The number of hydrogen-bond acceptors (Lipinski definition) is 3. The lowest BCUT2D eigenvalue weighted by atomic mass is 9.84. The first kappa shape index (κ1) is 13.0. The van der Waals surface area contributed by atoms with E-state index in [0.717, 1.165) is 25.1 Å². The average Bonchev–Trinajstić information content (AvgIpc) is 2.36. The number of aliphatic hydroxyl groups is 1. The van der Waals surface area contributed by atoms with Crippen LogP contribution in [0.2, 0.25) is 0 Å². The van der Waals surface area contributed by atoms with Crippen LogP contribution in [0.4, 0.5) is 4.39 Å². The number of halogens is 1. The van der Waals surface area contributed by atoms with E-state index in [0.29, 0.717) is 13.2 Å². The summed E-state index contributed by atoms with van der Waals surface area (Å²) in [6.45, 7) is 5.37. The minimum atomic E-state index is -0.154. The summed E-state index contributed by atoms with van der Waals surface area (Å²) in [7, 11) is 0. The first-order chi connectivity index (χ1) is 9.13. The second-order valence-electron chi connectivity index (χ2n) is 5.89. The van der Waals surface area contributed by atoms with Gasteiger partial charge in [-0.05, 0) is 36.6 Å². The molecule has 19 heavy (non-hydrogen) atoms. The monoisotopic (exact) mass is 265 g/mol. The zero-order valence-corrected chi connectivity index (χ0v) is 11.2. The number of nitrogens with zero attached hydrogens (tertiary/aromatic N) is 1.